The van der Waals surface area contributed by atoms with Gasteiger partial charge in [0.1, 0.15) is 11.5 Å². The number of aromatic nitrogens is 1. The second kappa shape index (κ2) is 7.40. The maximum atomic E-state index is 13.0. The van der Waals surface area contributed by atoms with Gasteiger partial charge in [0.2, 0.25) is 0 Å². The molecule has 0 saturated heterocycles. The number of carbonyl (C=O) groups excluding carboxylic acids is 1. The van der Waals surface area contributed by atoms with Gasteiger partial charge in [-0.15, -0.1) is 0 Å². The van der Waals surface area contributed by atoms with Gasteiger partial charge in [0.25, 0.3) is 5.91 Å². The molecular weight excluding hydrogens is 352 g/mol. The molecule has 0 bridgehead atoms. The molecule has 1 aliphatic rings. The van der Waals surface area contributed by atoms with Gasteiger partial charge < -0.3 is 14.8 Å². The molecule has 0 unspecified atom stereocenters. The van der Waals surface area contributed by atoms with Crippen LogP contribution in [0.1, 0.15) is 66.1 Å². The molecule has 5 heteroatoms. The number of hydrogen-bond donors (Lipinski definition) is 2. The first kappa shape index (κ1) is 18.7. The van der Waals surface area contributed by atoms with Crippen molar-refractivity contribution in [1.82, 2.24) is 10.3 Å². The van der Waals surface area contributed by atoms with Crippen LogP contribution >= 0.6 is 0 Å². The van der Waals surface area contributed by atoms with Gasteiger partial charge in [-0.25, -0.2) is 0 Å². The van der Waals surface area contributed by atoms with Crippen LogP contribution in [0.4, 0.5) is 0 Å². The summed E-state index contributed by atoms with van der Waals surface area (Å²) in [7, 11) is 0. The highest BCUT2D eigenvalue weighted by Gasteiger charge is 2.36. The Balaban J connectivity index is 1.63. The van der Waals surface area contributed by atoms with E-state index in [2.05, 4.69) is 16.4 Å². The van der Waals surface area contributed by atoms with Crippen LogP contribution in [0.25, 0.3) is 10.9 Å². The molecular formula is C23H26N2O3. The van der Waals surface area contributed by atoms with E-state index in [9.17, 15) is 9.90 Å². The zero-order valence-electron chi connectivity index (χ0n) is 16.5. The smallest absolute Gasteiger partial charge is 0.255 e. The third-order valence-corrected chi connectivity index (χ3v) is 5.63. The van der Waals surface area contributed by atoms with Gasteiger partial charge in [-0.1, -0.05) is 32.0 Å². The number of aliphatic hydroxyl groups is 1. The normalized spacial score (nSPS) is 20.2. The fraction of sp³-hybridized carbons (Fsp3) is 0.391. The fourth-order valence-corrected chi connectivity index (χ4v) is 3.87. The zero-order valence-corrected chi connectivity index (χ0v) is 16.5. The van der Waals surface area contributed by atoms with Gasteiger partial charge in [0.05, 0.1) is 23.2 Å². The second-order valence-corrected chi connectivity index (χ2v) is 8.07. The SMILES string of the molecule is Cc1oc(C(C)C)cc1C(=O)N[C@H](c1cnc2ccccc2c1)C1CC(O)C1. The topological polar surface area (TPSA) is 75.4 Å². The zero-order chi connectivity index (χ0) is 19.8. The Morgan fingerprint density at radius 3 is 2.68 bits per heavy atom. The minimum Gasteiger partial charge on any atom is -0.465 e. The monoisotopic (exact) mass is 378 g/mol. The Morgan fingerprint density at radius 2 is 2.00 bits per heavy atom. The lowest BCUT2D eigenvalue weighted by Gasteiger charge is -2.38. The number of fused-ring (bicyclic) bond motifs is 1. The second-order valence-electron chi connectivity index (χ2n) is 8.07. The molecule has 1 atom stereocenters. The minimum atomic E-state index is -0.291. The molecule has 1 aliphatic carbocycles. The van der Waals surface area contributed by atoms with Crippen molar-refractivity contribution >= 4 is 16.8 Å². The van der Waals surface area contributed by atoms with Crippen LogP contribution in [0, 0.1) is 12.8 Å². The summed E-state index contributed by atoms with van der Waals surface area (Å²) < 4.78 is 5.75. The number of nitrogens with zero attached hydrogens (tertiary/aromatic N) is 1. The first-order chi connectivity index (χ1) is 13.4. The Labute approximate surface area is 164 Å². The van der Waals surface area contributed by atoms with Gasteiger partial charge in [-0.3, -0.25) is 9.78 Å². The maximum Gasteiger partial charge on any atom is 0.255 e. The lowest BCUT2D eigenvalue weighted by Crippen LogP contribution is -2.41. The number of rotatable bonds is 5. The summed E-state index contributed by atoms with van der Waals surface area (Å²) >= 11 is 0. The molecule has 3 aromatic rings. The van der Waals surface area contributed by atoms with Crippen LogP contribution in [-0.4, -0.2) is 22.1 Å². The lowest BCUT2D eigenvalue weighted by molar-refractivity contribution is 0.0235. The van der Waals surface area contributed by atoms with E-state index in [0.29, 0.717) is 24.2 Å². The van der Waals surface area contributed by atoms with E-state index in [-0.39, 0.29) is 29.9 Å². The number of aliphatic hydroxyl groups excluding tert-OH is 1. The molecule has 1 fully saturated rings. The molecule has 1 saturated carbocycles. The van der Waals surface area contributed by atoms with Gasteiger partial charge >= 0.3 is 0 Å². The van der Waals surface area contributed by atoms with Crippen LogP contribution in [-0.2, 0) is 0 Å². The van der Waals surface area contributed by atoms with Crippen molar-refractivity contribution in [2.75, 3.05) is 0 Å². The highest BCUT2D eigenvalue weighted by atomic mass is 16.3. The minimum absolute atomic E-state index is 0.146. The number of carbonyl (C=O) groups is 1. The van der Waals surface area contributed by atoms with E-state index < -0.39 is 0 Å². The molecule has 2 heterocycles. The Kier molecular flexibility index (Phi) is 4.94. The third-order valence-electron chi connectivity index (χ3n) is 5.63. The van der Waals surface area contributed by atoms with Gasteiger partial charge in [0, 0.05) is 17.5 Å². The van der Waals surface area contributed by atoms with Gasteiger partial charge in [0.15, 0.2) is 0 Å². The fourth-order valence-electron chi connectivity index (χ4n) is 3.87. The van der Waals surface area contributed by atoms with Crippen molar-refractivity contribution in [2.24, 2.45) is 5.92 Å². The van der Waals surface area contributed by atoms with Gasteiger partial charge in [-0.2, -0.15) is 0 Å². The Bertz CT molecular complexity index is 1000. The number of para-hydroxylation sites is 1. The van der Waals surface area contributed by atoms with E-state index in [4.69, 9.17) is 4.42 Å². The average molecular weight is 378 g/mol. The molecule has 2 N–H and O–H groups in total. The predicted molar refractivity (Wildman–Crippen MR) is 108 cm³/mol. The molecule has 1 amide bonds. The number of furan rings is 1. The van der Waals surface area contributed by atoms with E-state index in [0.717, 1.165) is 22.2 Å². The van der Waals surface area contributed by atoms with Crippen molar-refractivity contribution in [3.63, 3.8) is 0 Å². The van der Waals surface area contributed by atoms with Crippen LogP contribution in [0.15, 0.2) is 47.0 Å². The largest absolute Gasteiger partial charge is 0.465 e. The summed E-state index contributed by atoms with van der Waals surface area (Å²) in [6, 6.07) is 11.7. The van der Waals surface area contributed by atoms with Crippen molar-refractivity contribution in [1.29, 1.82) is 0 Å². The number of hydrogen-bond acceptors (Lipinski definition) is 4. The summed E-state index contributed by atoms with van der Waals surface area (Å²) in [6.45, 7) is 5.90. The van der Waals surface area contributed by atoms with Crippen molar-refractivity contribution in [2.45, 2.75) is 51.7 Å². The predicted octanol–water partition coefficient (Wildman–Crippen LogP) is 4.50. The van der Waals surface area contributed by atoms with E-state index in [1.807, 2.05) is 57.3 Å². The molecule has 0 spiro atoms. The van der Waals surface area contributed by atoms with Crippen molar-refractivity contribution in [3.05, 3.63) is 65.2 Å². The first-order valence-electron chi connectivity index (χ1n) is 9.86. The standard InChI is InChI=1S/C23H26N2O3/c1-13(2)21-11-19(14(3)28-21)23(27)25-22(16-9-18(26)10-16)17-8-15-6-4-5-7-20(15)24-12-17/h4-8,11-13,16,18,22,26H,9-10H2,1-3H3,(H,25,27)/t16?,18?,22-/m0/s1. The summed E-state index contributed by atoms with van der Waals surface area (Å²) in [6.07, 6.45) is 2.90. The molecule has 28 heavy (non-hydrogen) atoms. The lowest BCUT2D eigenvalue weighted by atomic mass is 9.75. The number of amides is 1. The van der Waals surface area contributed by atoms with Crippen LogP contribution in [0.2, 0.25) is 0 Å². The maximum absolute atomic E-state index is 13.0. The number of aryl methyl sites for hydroxylation is 1. The molecule has 4 rings (SSSR count). The average Bonchev–Trinajstić information content (AvgIpc) is 3.05. The Hall–Kier alpha value is -2.66. The van der Waals surface area contributed by atoms with E-state index in [1.165, 1.54) is 0 Å². The highest BCUT2D eigenvalue weighted by Crippen LogP contribution is 2.39. The molecule has 146 valence electrons. The number of benzene rings is 1. The summed E-state index contributed by atoms with van der Waals surface area (Å²) in [5.74, 6) is 1.71. The summed E-state index contributed by atoms with van der Waals surface area (Å²) in [5.41, 5.74) is 2.47. The molecule has 1 aromatic carbocycles. The van der Waals surface area contributed by atoms with E-state index >= 15 is 0 Å². The molecule has 5 nitrogen and oxygen atoms in total. The number of pyridine rings is 1. The van der Waals surface area contributed by atoms with Crippen LogP contribution in [0.3, 0.4) is 0 Å². The van der Waals surface area contributed by atoms with Gasteiger partial charge in [-0.05, 0) is 49.4 Å². The summed E-state index contributed by atoms with van der Waals surface area (Å²) in [4.78, 5) is 17.6. The van der Waals surface area contributed by atoms with Crippen LogP contribution < -0.4 is 5.32 Å². The highest BCUT2D eigenvalue weighted by molar-refractivity contribution is 5.95. The van der Waals surface area contributed by atoms with E-state index in [1.54, 1.807) is 0 Å². The first-order valence-corrected chi connectivity index (χ1v) is 9.86. The Morgan fingerprint density at radius 1 is 1.25 bits per heavy atom. The number of nitrogens with one attached hydrogen (secondary N) is 1. The molecule has 0 radical (unpaired) electrons. The third kappa shape index (κ3) is 3.54. The van der Waals surface area contributed by atoms with Crippen molar-refractivity contribution < 1.29 is 14.3 Å². The quantitative estimate of drug-likeness (QED) is 0.685. The molecule has 2 aromatic heterocycles. The van der Waals surface area contributed by atoms with Crippen LogP contribution in [0.5, 0.6) is 0 Å². The molecule has 0 aliphatic heterocycles. The summed E-state index contributed by atoms with van der Waals surface area (Å²) in [5, 5.41) is 14.0. The van der Waals surface area contributed by atoms with Crippen molar-refractivity contribution in [3.8, 4) is 0 Å².